The minimum atomic E-state index is -5.46. The van der Waals surface area contributed by atoms with E-state index in [0.717, 1.165) is 87.8 Å². The summed E-state index contributed by atoms with van der Waals surface area (Å²) in [6, 6.07) is 1.24. The number of carbonyl (C=O) groups is 2. The van der Waals surface area contributed by atoms with Gasteiger partial charge >= 0.3 is 33.3 Å². The minimum absolute atomic E-state index is 0.00543. The Labute approximate surface area is 462 Å². The monoisotopic (exact) mass is 1130 g/mol. The molecule has 0 amide bonds. The van der Waals surface area contributed by atoms with Crippen molar-refractivity contribution >= 4 is 33.4 Å². The van der Waals surface area contributed by atoms with E-state index in [1.807, 2.05) is 73.8 Å². The smallest absolute Gasteiger partial charge is 0.462 e. The third-order valence-corrected chi connectivity index (χ3v) is 14.3. The summed E-state index contributed by atoms with van der Waals surface area (Å²) in [7, 11) is -10.9. The Hall–Kier alpha value is -4.62. The summed E-state index contributed by atoms with van der Waals surface area (Å²) in [4.78, 5) is 62.0. The van der Waals surface area contributed by atoms with Crippen LogP contribution >= 0.6 is 15.6 Å². The van der Waals surface area contributed by atoms with E-state index in [1.165, 1.54) is 31.7 Å². The van der Waals surface area contributed by atoms with Crippen molar-refractivity contribution in [1.82, 2.24) is 9.55 Å². The predicted molar refractivity (Wildman–Crippen MR) is 304 cm³/mol. The quantitative estimate of drug-likeness (QED) is 0.0116. The molecule has 8 atom stereocenters. The van der Waals surface area contributed by atoms with Crippen LogP contribution in [0.5, 0.6) is 0 Å². The lowest BCUT2D eigenvalue weighted by Crippen LogP contribution is -2.36. The third-order valence-electron chi connectivity index (χ3n) is 11.7. The van der Waals surface area contributed by atoms with Gasteiger partial charge in [-0.15, -0.1) is 0 Å². The van der Waals surface area contributed by atoms with Crippen LogP contribution in [0.25, 0.3) is 0 Å². The van der Waals surface area contributed by atoms with Gasteiger partial charge in [-0.05, 0) is 89.5 Å². The Morgan fingerprint density at radius 1 is 0.692 bits per heavy atom. The SMILES string of the molecule is CC/C=C\CC(O)/C=C/C=C/C/C=C\C/C=C\C/C=C\CCC(=O)OC[C@H](COP(=O)(O)OP(=O)(O)OC[C@H]1O[C@@H](n2ccc(N)nc2=O)[C@H](O)[C@@H]1O)OC(=O)CCCCCCCC/C=C\C/C=C\C/C=C\CCCCCC. The van der Waals surface area contributed by atoms with Crippen molar-refractivity contribution in [2.24, 2.45) is 0 Å². The van der Waals surface area contributed by atoms with Gasteiger partial charge in [-0.3, -0.25) is 23.2 Å². The topological polar surface area (TPSA) is 286 Å². The van der Waals surface area contributed by atoms with E-state index in [1.54, 1.807) is 6.08 Å². The maximum Gasteiger partial charge on any atom is 0.481 e. The zero-order valence-corrected chi connectivity index (χ0v) is 47.6. The number of nitrogen functional groups attached to an aromatic ring is 1. The normalized spacial score (nSPS) is 19.8. The number of aromatic nitrogens is 2. The third kappa shape index (κ3) is 35.1. The van der Waals surface area contributed by atoms with Crippen LogP contribution in [0, 0.1) is 0 Å². The molecule has 0 aromatic carbocycles. The summed E-state index contributed by atoms with van der Waals surface area (Å²) in [5.74, 6) is -1.45. The molecule has 21 heteroatoms. The van der Waals surface area contributed by atoms with E-state index < -0.39 is 89.8 Å². The molecule has 1 aromatic rings. The van der Waals surface area contributed by atoms with Crippen molar-refractivity contribution in [3.8, 4) is 0 Å². The zero-order chi connectivity index (χ0) is 57.1. The number of hydrogen-bond acceptors (Lipinski definition) is 16. The molecule has 1 aromatic heterocycles. The summed E-state index contributed by atoms with van der Waals surface area (Å²) in [6.07, 6.45) is 47.8. The largest absolute Gasteiger partial charge is 0.481 e. The number of carbonyl (C=O) groups excluding carboxylic acids is 2. The molecule has 1 aliphatic heterocycles. The molecular weight excluding hydrogens is 1040 g/mol. The molecule has 0 radical (unpaired) electrons. The van der Waals surface area contributed by atoms with Crippen LogP contribution in [0.2, 0.25) is 0 Å². The van der Waals surface area contributed by atoms with E-state index >= 15 is 0 Å². The van der Waals surface area contributed by atoms with Crippen LogP contribution in [0.1, 0.15) is 161 Å². The molecule has 0 saturated carbocycles. The molecule has 0 spiro atoms. The van der Waals surface area contributed by atoms with Gasteiger partial charge in [-0.25, -0.2) is 13.9 Å². The van der Waals surface area contributed by atoms with Crippen LogP contribution < -0.4 is 11.4 Å². The van der Waals surface area contributed by atoms with Crippen LogP contribution in [0.15, 0.2) is 126 Å². The van der Waals surface area contributed by atoms with Crippen molar-refractivity contribution in [3.05, 3.63) is 132 Å². The second kappa shape index (κ2) is 43.2. The Balaban J connectivity index is 1.82. The lowest BCUT2D eigenvalue weighted by atomic mass is 10.1. The number of rotatable bonds is 44. The average Bonchev–Trinajstić information content (AvgIpc) is 3.71. The Bertz CT molecular complexity index is 2260. The highest BCUT2D eigenvalue weighted by Crippen LogP contribution is 2.60. The molecule has 78 heavy (non-hydrogen) atoms. The van der Waals surface area contributed by atoms with E-state index in [2.05, 4.69) is 52.7 Å². The van der Waals surface area contributed by atoms with Crippen LogP contribution in [-0.2, 0) is 46.3 Å². The number of allylic oxidation sites excluding steroid dienone is 16. The highest BCUT2D eigenvalue weighted by molar-refractivity contribution is 7.61. The van der Waals surface area contributed by atoms with E-state index in [-0.39, 0.29) is 18.7 Å². The van der Waals surface area contributed by atoms with E-state index in [0.29, 0.717) is 25.7 Å². The highest BCUT2D eigenvalue weighted by atomic mass is 31.3. The second-order valence-electron chi connectivity index (χ2n) is 18.5. The number of aliphatic hydroxyl groups excluding tert-OH is 3. The van der Waals surface area contributed by atoms with Gasteiger partial charge in [0, 0.05) is 19.0 Å². The first-order valence-corrected chi connectivity index (χ1v) is 30.5. The number of nitrogens with two attached hydrogens (primary N) is 1. The molecule has 2 heterocycles. The maximum atomic E-state index is 12.9. The number of anilines is 1. The number of esters is 2. The Morgan fingerprint density at radius 3 is 1.87 bits per heavy atom. The summed E-state index contributed by atoms with van der Waals surface area (Å²) >= 11 is 0. The molecular formula is C57H89N3O16P2. The van der Waals surface area contributed by atoms with Gasteiger partial charge in [0.25, 0.3) is 0 Å². The second-order valence-corrected chi connectivity index (χ2v) is 21.6. The van der Waals surface area contributed by atoms with Crippen LogP contribution in [-0.4, -0.2) is 96.9 Å². The standard InChI is InChI=1S/C57H89N3O16P2/c1-3-5-7-8-9-10-11-12-13-14-15-16-17-18-21-25-28-31-34-38-42-53(63)74-49(45-71-52(62)41-37-33-30-27-24-22-19-20-23-26-29-32-36-40-48(61)39-35-6-4-2)46-72-77(67,68)76-78(69,70)73-47-50-54(64)55(65)56(75-50)60-44-43-51(58)59-57(60)66/h6,10-11,13-14,16-17,20,22-24,29-30,32-33,35-36,40,43-44,48-50,54-56,61,64-65H,3-5,7-9,12,15,18-19,21,25-28,31,34,37-39,41-42,45-47H2,1-2H3,(H,67,68)(H,69,70)(H2,58,59,66)/b11-10-,14-13-,17-16-,23-20-,24-22-,32-29+,33-30-,35-6-,40-36+/t48?,49-,50-,54-,55-,56-/m1/s1. The van der Waals surface area contributed by atoms with Gasteiger partial charge in [-0.2, -0.15) is 9.29 Å². The molecule has 0 aliphatic carbocycles. The fraction of sp³-hybridized carbons (Fsp3) is 0.579. The summed E-state index contributed by atoms with van der Waals surface area (Å²) in [5.41, 5.74) is 4.58. The van der Waals surface area contributed by atoms with Gasteiger partial charge in [0.05, 0.1) is 19.3 Å². The van der Waals surface area contributed by atoms with Crippen LogP contribution in [0.4, 0.5) is 5.82 Å². The first-order valence-electron chi connectivity index (χ1n) is 27.5. The fourth-order valence-corrected chi connectivity index (χ4v) is 9.54. The molecule has 0 bridgehead atoms. The lowest BCUT2D eigenvalue weighted by Gasteiger charge is -2.21. The maximum absolute atomic E-state index is 12.9. The van der Waals surface area contributed by atoms with E-state index in [9.17, 15) is 48.6 Å². The van der Waals surface area contributed by atoms with Gasteiger partial charge in [0.1, 0.15) is 30.7 Å². The van der Waals surface area contributed by atoms with Crippen molar-refractivity contribution < 1.29 is 71.4 Å². The summed E-state index contributed by atoms with van der Waals surface area (Å²) < 4.78 is 56.8. The van der Waals surface area contributed by atoms with Gasteiger partial charge in [0.15, 0.2) is 12.3 Å². The van der Waals surface area contributed by atoms with Crippen LogP contribution in [0.3, 0.4) is 0 Å². The van der Waals surface area contributed by atoms with Gasteiger partial charge < -0.3 is 45.1 Å². The predicted octanol–water partition coefficient (Wildman–Crippen LogP) is 11.1. The highest BCUT2D eigenvalue weighted by Gasteiger charge is 2.46. The number of ether oxygens (including phenoxy) is 3. The van der Waals surface area contributed by atoms with E-state index in [4.69, 9.17) is 29.0 Å². The number of phosphoric ester groups is 2. The van der Waals surface area contributed by atoms with Gasteiger partial charge in [-0.1, -0.05) is 168 Å². The molecule has 2 rings (SSSR count). The molecule has 1 saturated heterocycles. The first-order chi connectivity index (χ1) is 37.6. The molecule has 3 unspecified atom stereocenters. The minimum Gasteiger partial charge on any atom is -0.462 e. The average molecular weight is 1130 g/mol. The number of aliphatic hydroxyl groups is 3. The fourth-order valence-electron chi connectivity index (χ4n) is 7.43. The molecule has 1 aliphatic rings. The lowest BCUT2D eigenvalue weighted by molar-refractivity contribution is -0.161. The first kappa shape index (κ1) is 69.5. The van der Waals surface area contributed by atoms with Crippen molar-refractivity contribution in [2.45, 2.75) is 192 Å². The van der Waals surface area contributed by atoms with Crippen molar-refractivity contribution in [2.75, 3.05) is 25.6 Å². The summed E-state index contributed by atoms with van der Waals surface area (Å²) in [5, 5.41) is 30.8. The molecule has 7 N–H and O–H groups in total. The summed E-state index contributed by atoms with van der Waals surface area (Å²) in [6.45, 7) is 1.84. The Kier molecular flexibility index (Phi) is 38.5. The van der Waals surface area contributed by atoms with Gasteiger partial charge in [0.2, 0.25) is 0 Å². The molecule has 19 nitrogen and oxygen atoms in total. The van der Waals surface area contributed by atoms with Crippen molar-refractivity contribution in [3.63, 3.8) is 0 Å². The number of nitrogens with zero attached hydrogens (tertiary/aromatic N) is 2. The zero-order valence-electron chi connectivity index (χ0n) is 45.8. The number of phosphoric acid groups is 2. The number of hydrogen-bond donors (Lipinski definition) is 6. The number of unbranched alkanes of at least 4 members (excludes halogenated alkanes) is 10. The van der Waals surface area contributed by atoms with Crippen molar-refractivity contribution in [1.29, 1.82) is 0 Å². The molecule has 438 valence electrons. The molecule has 1 fully saturated rings. The Morgan fingerprint density at radius 2 is 1.26 bits per heavy atom.